The Labute approximate surface area is 146 Å². The zero-order chi connectivity index (χ0) is 17.4. The molecule has 0 aliphatic carbocycles. The van der Waals surface area contributed by atoms with Crippen LogP contribution in [0.1, 0.15) is 39.0 Å². The molecule has 6 nitrogen and oxygen atoms in total. The van der Waals surface area contributed by atoms with Gasteiger partial charge < -0.3 is 14.2 Å². The van der Waals surface area contributed by atoms with Crippen molar-refractivity contribution in [1.82, 2.24) is 15.0 Å². The van der Waals surface area contributed by atoms with Gasteiger partial charge in [0.2, 0.25) is 17.6 Å². The van der Waals surface area contributed by atoms with E-state index < -0.39 is 0 Å². The van der Waals surface area contributed by atoms with Gasteiger partial charge in [0, 0.05) is 32.5 Å². The lowest BCUT2D eigenvalue weighted by Crippen LogP contribution is -2.41. The number of nitrogens with zero attached hydrogens (tertiary/aromatic N) is 3. The highest BCUT2D eigenvalue weighted by Gasteiger charge is 2.21. The van der Waals surface area contributed by atoms with Gasteiger partial charge in [-0.05, 0) is 24.3 Å². The van der Waals surface area contributed by atoms with E-state index in [4.69, 9.17) is 9.26 Å². The minimum atomic E-state index is 0.108. The van der Waals surface area contributed by atoms with Crippen LogP contribution in [0.2, 0.25) is 0 Å². The quantitative estimate of drug-likeness (QED) is 0.656. The Bertz CT molecular complexity index is 608. The molecule has 2 aromatic rings. The van der Waals surface area contributed by atoms with Gasteiger partial charge in [-0.2, -0.15) is 4.98 Å². The van der Waals surface area contributed by atoms with E-state index in [1.165, 1.54) is 0 Å². The lowest BCUT2D eigenvalue weighted by Gasteiger charge is -2.30. The fraction of sp³-hybridized carbons (Fsp3) is 0.588. The maximum atomic E-state index is 12.6. The molecule has 0 bridgehead atoms. The molecule has 2 rings (SSSR count). The van der Waals surface area contributed by atoms with Crippen LogP contribution < -0.4 is 0 Å². The smallest absolute Gasteiger partial charge is 0.227 e. The fourth-order valence-corrected chi connectivity index (χ4v) is 3.30. The molecule has 0 aliphatic heterocycles. The first-order chi connectivity index (χ1) is 11.7. The highest BCUT2D eigenvalue weighted by molar-refractivity contribution is 7.13. The number of aromatic nitrogens is 2. The third-order valence-corrected chi connectivity index (χ3v) is 4.87. The third kappa shape index (κ3) is 4.88. The molecular weight excluding hydrogens is 326 g/mol. The van der Waals surface area contributed by atoms with Crippen molar-refractivity contribution < 1.29 is 14.1 Å². The largest absolute Gasteiger partial charge is 0.383 e. The summed E-state index contributed by atoms with van der Waals surface area (Å²) in [6.45, 7) is 5.37. The number of methoxy groups -OCH3 is 1. The van der Waals surface area contributed by atoms with Gasteiger partial charge in [-0.1, -0.05) is 25.1 Å². The van der Waals surface area contributed by atoms with Gasteiger partial charge in [-0.3, -0.25) is 4.79 Å². The highest BCUT2D eigenvalue weighted by Crippen LogP contribution is 2.21. The molecule has 24 heavy (non-hydrogen) atoms. The summed E-state index contributed by atoms with van der Waals surface area (Å²) in [7, 11) is 1.65. The van der Waals surface area contributed by atoms with Crippen molar-refractivity contribution in [3.05, 3.63) is 23.4 Å². The molecule has 0 aromatic carbocycles. The molecule has 0 fully saturated rings. The minimum absolute atomic E-state index is 0.108. The number of ether oxygens (including phenoxy) is 1. The van der Waals surface area contributed by atoms with Crippen LogP contribution >= 0.6 is 11.3 Å². The van der Waals surface area contributed by atoms with E-state index in [1.54, 1.807) is 18.4 Å². The molecule has 0 radical (unpaired) electrons. The average Bonchev–Trinajstić information content (AvgIpc) is 3.27. The molecule has 0 saturated heterocycles. The van der Waals surface area contributed by atoms with E-state index in [0.29, 0.717) is 37.7 Å². The second kappa shape index (κ2) is 9.54. The van der Waals surface area contributed by atoms with E-state index >= 15 is 0 Å². The number of hydrogen-bond acceptors (Lipinski definition) is 6. The molecule has 0 N–H and O–H groups in total. The van der Waals surface area contributed by atoms with E-state index in [2.05, 4.69) is 24.0 Å². The molecule has 2 aromatic heterocycles. The van der Waals surface area contributed by atoms with Crippen LogP contribution in [0.5, 0.6) is 0 Å². The van der Waals surface area contributed by atoms with Crippen LogP contribution in [-0.2, 0) is 16.0 Å². The van der Waals surface area contributed by atoms with Gasteiger partial charge in [0.25, 0.3) is 0 Å². The van der Waals surface area contributed by atoms with Crippen LogP contribution in [0.4, 0.5) is 0 Å². The minimum Gasteiger partial charge on any atom is -0.383 e. The molecule has 0 aliphatic rings. The second-order valence-electron chi connectivity index (χ2n) is 5.54. The lowest BCUT2D eigenvalue weighted by atomic mass is 10.1. The first-order valence-corrected chi connectivity index (χ1v) is 9.22. The number of hydrogen-bond donors (Lipinski definition) is 0. The number of aryl methyl sites for hydroxylation is 1. The zero-order valence-electron chi connectivity index (χ0n) is 14.5. The Morgan fingerprint density at radius 3 is 2.83 bits per heavy atom. The molecule has 0 atom stereocenters. The van der Waals surface area contributed by atoms with Crippen LogP contribution in [-0.4, -0.2) is 47.3 Å². The summed E-state index contributed by atoms with van der Waals surface area (Å²) in [4.78, 5) is 19.9. The van der Waals surface area contributed by atoms with Crippen molar-refractivity contribution in [2.45, 2.75) is 45.6 Å². The van der Waals surface area contributed by atoms with Gasteiger partial charge in [-0.25, -0.2) is 0 Å². The summed E-state index contributed by atoms with van der Waals surface area (Å²) < 4.78 is 10.4. The average molecular weight is 351 g/mol. The molecule has 132 valence electrons. The maximum Gasteiger partial charge on any atom is 0.227 e. The van der Waals surface area contributed by atoms with Gasteiger partial charge in [-0.15, -0.1) is 11.3 Å². The Morgan fingerprint density at radius 1 is 1.42 bits per heavy atom. The summed E-state index contributed by atoms with van der Waals surface area (Å²) in [6, 6.07) is 4.14. The number of amides is 1. The predicted octanol–water partition coefficient (Wildman–Crippen LogP) is 3.39. The maximum absolute atomic E-state index is 12.6. The predicted molar refractivity (Wildman–Crippen MR) is 93.9 cm³/mol. The first kappa shape index (κ1) is 18.6. The third-order valence-electron chi connectivity index (χ3n) is 4.00. The SMILES string of the molecule is CCC(CC)N(CCOC)C(=O)CCc1nc(-c2cccs2)no1. The number of carbonyl (C=O) groups excluding carboxylic acids is 1. The monoisotopic (exact) mass is 351 g/mol. The Balaban J connectivity index is 1.94. The second-order valence-corrected chi connectivity index (χ2v) is 6.49. The van der Waals surface area contributed by atoms with Gasteiger partial charge >= 0.3 is 0 Å². The van der Waals surface area contributed by atoms with Crippen LogP contribution in [0.25, 0.3) is 10.7 Å². The Hall–Kier alpha value is -1.73. The molecular formula is C17H25N3O3S. The summed E-state index contributed by atoms with van der Waals surface area (Å²) in [5.41, 5.74) is 0. The van der Waals surface area contributed by atoms with Crippen LogP contribution in [0, 0.1) is 0 Å². The molecule has 0 spiro atoms. The standard InChI is InChI=1S/C17H25N3O3S/c1-4-13(5-2)20(10-11-22-3)16(21)9-8-15-18-17(19-23-15)14-7-6-12-24-14/h6-7,12-13H,4-5,8-11H2,1-3H3. The van der Waals surface area contributed by atoms with Crippen molar-refractivity contribution >= 4 is 17.2 Å². The fourth-order valence-electron chi connectivity index (χ4n) is 2.65. The van der Waals surface area contributed by atoms with Crippen molar-refractivity contribution in [2.75, 3.05) is 20.3 Å². The molecule has 2 heterocycles. The van der Waals surface area contributed by atoms with Gasteiger partial charge in [0.1, 0.15) is 0 Å². The topological polar surface area (TPSA) is 68.5 Å². The molecule has 0 saturated carbocycles. The van der Waals surface area contributed by atoms with Gasteiger partial charge in [0.15, 0.2) is 0 Å². The number of thiophene rings is 1. The zero-order valence-corrected chi connectivity index (χ0v) is 15.3. The van der Waals surface area contributed by atoms with Crippen molar-refractivity contribution in [3.8, 4) is 10.7 Å². The number of carbonyl (C=O) groups is 1. The van der Waals surface area contributed by atoms with E-state index in [9.17, 15) is 4.79 Å². The summed E-state index contributed by atoms with van der Waals surface area (Å²) in [6.07, 6.45) is 2.71. The molecule has 0 unspecified atom stereocenters. The Kier molecular flexibility index (Phi) is 7.39. The lowest BCUT2D eigenvalue weighted by molar-refractivity contribution is -0.134. The summed E-state index contributed by atoms with van der Waals surface area (Å²) in [5, 5.41) is 5.95. The van der Waals surface area contributed by atoms with E-state index in [1.807, 2.05) is 22.4 Å². The van der Waals surface area contributed by atoms with Crippen LogP contribution in [0.3, 0.4) is 0 Å². The van der Waals surface area contributed by atoms with Crippen molar-refractivity contribution in [2.24, 2.45) is 0 Å². The highest BCUT2D eigenvalue weighted by atomic mass is 32.1. The molecule has 1 amide bonds. The first-order valence-electron chi connectivity index (χ1n) is 8.34. The van der Waals surface area contributed by atoms with Crippen molar-refractivity contribution in [3.63, 3.8) is 0 Å². The summed E-state index contributed by atoms with van der Waals surface area (Å²) in [5.74, 6) is 1.20. The normalized spacial score (nSPS) is 11.2. The Morgan fingerprint density at radius 2 is 2.21 bits per heavy atom. The van der Waals surface area contributed by atoms with Crippen LogP contribution in [0.15, 0.2) is 22.0 Å². The molecule has 7 heteroatoms. The summed E-state index contributed by atoms with van der Waals surface area (Å²) >= 11 is 1.56. The number of rotatable bonds is 10. The van der Waals surface area contributed by atoms with Gasteiger partial charge in [0.05, 0.1) is 11.5 Å². The van der Waals surface area contributed by atoms with Crippen molar-refractivity contribution in [1.29, 1.82) is 0 Å². The van der Waals surface area contributed by atoms with E-state index in [0.717, 1.165) is 17.7 Å². The van der Waals surface area contributed by atoms with E-state index in [-0.39, 0.29) is 11.9 Å².